The van der Waals surface area contributed by atoms with E-state index in [1.54, 1.807) is 5.56 Å². The topological polar surface area (TPSA) is 13.0 Å². The summed E-state index contributed by atoms with van der Waals surface area (Å²) in [6, 6.07) is 71.9. The quantitative estimate of drug-likeness (QED) is 0.127. The summed E-state index contributed by atoms with van der Waals surface area (Å²) in [7, 11) is 0. The van der Waals surface area contributed by atoms with Gasteiger partial charge in [-0.1, -0.05) is 180 Å². The molecule has 10 aliphatic rings. The summed E-state index contributed by atoms with van der Waals surface area (Å²) in [4.78, 5) is 10.3. The molecule has 0 amide bonds. The van der Waals surface area contributed by atoms with Crippen molar-refractivity contribution < 1.29 is 0 Å². The van der Waals surface area contributed by atoms with Crippen molar-refractivity contribution in [1.82, 2.24) is 0 Å². The fraction of sp³-hybridized carbons (Fsp3) is 0.429. The second kappa shape index (κ2) is 27.8. The first-order valence-corrected chi connectivity index (χ1v) is 42.4. The van der Waals surface area contributed by atoms with E-state index >= 15 is 0 Å². The Morgan fingerprint density at radius 3 is 1.03 bits per heavy atom. The number of halogens is 1. The zero-order chi connectivity index (χ0) is 77.4. The molecule has 8 bridgehead atoms. The zero-order valence-electron chi connectivity index (χ0n) is 70.0. The molecule has 10 aromatic carbocycles. The summed E-state index contributed by atoms with van der Waals surface area (Å²) in [5, 5.41) is 0.770. The van der Waals surface area contributed by atoms with Crippen LogP contribution in [0.5, 0.6) is 0 Å². The Balaban J connectivity index is 0.000000167. The molecule has 0 saturated heterocycles. The molecule has 8 fully saturated rings. The largest absolute Gasteiger partial charge is 0.311 e. The first kappa shape index (κ1) is 76.7. The fourth-order valence-electron chi connectivity index (χ4n) is 23.4. The van der Waals surface area contributed by atoms with Crippen LogP contribution in [0, 0.1) is 90.9 Å². The molecule has 8 saturated carbocycles. The van der Waals surface area contributed by atoms with Crippen LogP contribution in [0.25, 0.3) is 0 Å². The van der Waals surface area contributed by atoms with Gasteiger partial charge >= 0.3 is 0 Å². The van der Waals surface area contributed by atoms with Gasteiger partial charge in [-0.25, -0.2) is 0 Å². The zero-order valence-corrected chi connectivity index (χ0v) is 70.8. The SMILES string of the molecule is C.Cc1cc(C)cc(N(c2ccc(C(C)(C)C)cc2)c2cc(C34CC5CC(CC(C5)C3)C4)cc(N(c3ccc(C(C)(C)C)cc3)c3cc(C)cc(C)c3)c2Cl)c1.Cc1cc(C)cc(N2c3ccc(C(C)(C)C)cc3B3c4c(C)cc(C)cc4N(c4ccc(C(C)(C)C)cc4)c4cc(C56CC7CC(CC(C7)C5)C6)cc2c43)c1. The lowest BCUT2D eigenvalue weighted by molar-refractivity contribution is -0.00526. The van der Waals surface area contributed by atoms with Gasteiger partial charge in [0.2, 0.25) is 0 Å². The number of nitrogens with zero attached hydrogens (tertiary/aromatic N) is 4. The predicted octanol–water partition coefficient (Wildman–Crippen LogP) is 28.3. The van der Waals surface area contributed by atoms with Crippen molar-refractivity contribution in [2.24, 2.45) is 35.5 Å². The summed E-state index contributed by atoms with van der Waals surface area (Å²) in [6.07, 6.45) is 16.5. The summed E-state index contributed by atoms with van der Waals surface area (Å²) in [5.41, 5.74) is 38.4. The monoisotopic (exact) mass is 1490 g/mol. The van der Waals surface area contributed by atoms with Gasteiger partial charge in [0.05, 0.1) is 16.4 Å². The van der Waals surface area contributed by atoms with Crippen molar-refractivity contribution in [3.8, 4) is 0 Å². The molecule has 574 valence electrons. The van der Waals surface area contributed by atoms with Crippen LogP contribution in [0.2, 0.25) is 5.02 Å². The number of anilines is 12. The molecule has 2 aliphatic heterocycles. The number of aryl methyl sites for hydroxylation is 8. The lowest BCUT2D eigenvalue weighted by atomic mass is 9.32. The number of benzene rings is 10. The molecule has 4 nitrogen and oxygen atoms in total. The molecule has 0 aromatic heterocycles. The van der Waals surface area contributed by atoms with Crippen LogP contribution >= 0.6 is 11.6 Å². The van der Waals surface area contributed by atoms with Crippen LogP contribution in [0.1, 0.15) is 245 Å². The first-order valence-electron chi connectivity index (χ1n) is 42.1. The molecule has 20 rings (SSSR count). The van der Waals surface area contributed by atoms with E-state index < -0.39 is 0 Å². The van der Waals surface area contributed by atoms with E-state index in [1.807, 2.05) is 0 Å². The number of fused-ring (bicyclic) bond motifs is 4. The average molecular weight is 1490 g/mol. The summed E-state index contributed by atoms with van der Waals surface area (Å²) >= 11 is 8.06. The third-order valence-corrected chi connectivity index (χ3v) is 28.0. The second-order valence-corrected chi connectivity index (χ2v) is 41.3. The minimum atomic E-state index is 0. The third-order valence-electron chi connectivity index (χ3n) is 27.6. The highest BCUT2D eigenvalue weighted by molar-refractivity contribution is 7.00. The highest BCUT2D eigenvalue weighted by Gasteiger charge is 2.55. The van der Waals surface area contributed by atoms with Crippen molar-refractivity contribution in [2.45, 2.75) is 255 Å². The Morgan fingerprint density at radius 2 is 0.649 bits per heavy atom. The molecule has 6 heteroatoms. The van der Waals surface area contributed by atoms with Crippen LogP contribution < -0.4 is 36.0 Å². The van der Waals surface area contributed by atoms with Gasteiger partial charge < -0.3 is 19.6 Å². The van der Waals surface area contributed by atoms with Crippen LogP contribution in [0.3, 0.4) is 0 Å². The Labute approximate surface area is 673 Å². The number of rotatable bonds is 10. The summed E-state index contributed by atoms with van der Waals surface area (Å²) in [6.45, 7) is 45.9. The third kappa shape index (κ3) is 14.0. The average Bonchev–Trinajstić information content (AvgIpc) is 0.686. The minimum absolute atomic E-state index is 0. The fourth-order valence-corrected chi connectivity index (χ4v) is 23.7. The van der Waals surface area contributed by atoms with Crippen LogP contribution in [-0.4, -0.2) is 6.71 Å². The Hall–Kier alpha value is -8.25. The highest BCUT2D eigenvalue weighted by Crippen LogP contribution is 2.65. The molecular formula is C105H124BClN4. The summed E-state index contributed by atoms with van der Waals surface area (Å²) < 4.78 is 0. The van der Waals surface area contributed by atoms with E-state index in [4.69, 9.17) is 11.6 Å². The molecule has 2 heterocycles. The highest BCUT2D eigenvalue weighted by atomic mass is 35.5. The summed E-state index contributed by atoms with van der Waals surface area (Å²) in [5.74, 6) is 5.13. The van der Waals surface area contributed by atoms with Crippen molar-refractivity contribution >= 4 is 103 Å². The lowest BCUT2D eigenvalue weighted by Gasteiger charge is -2.57. The standard InChI is InChI=1S/C52H59BN2.C52H61ClN2.CH4/c1-31-17-32(2)20-42(19-31)55-44-16-13-39(51(8,9)10)25-43(44)53-48-34(4)18-33(3)21-45(48)54(41-14-11-38(12-15-41)50(5,6)7)46-26-40(27-47(55)49(46)53)52-28-35-22-36(29-52)24-37(23-35)30-52;1-33-19-34(2)22-45(21-33)54(43-15-11-40(12-16-43)50(5,6)7)47-28-42(52-30-37-25-38(31-52)27-39(26-37)32-52)29-48(49(47)53)55(46-23-35(3)20-36(4)24-46)44-17-13-41(14-18-44)51(8,9)10;/h11-21,25-27,35-37H,22-24,28-30H2,1-10H3;11-24,28-29,37-39H,25-27,30-32H2,1-10H3;1H4. The van der Waals surface area contributed by atoms with E-state index in [1.165, 1.54) is 200 Å². The van der Waals surface area contributed by atoms with Gasteiger partial charge in [0.15, 0.2) is 0 Å². The van der Waals surface area contributed by atoms with Gasteiger partial charge in [-0.3, -0.25) is 0 Å². The van der Waals surface area contributed by atoms with Crippen molar-refractivity contribution in [2.75, 3.05) is 19.6 Å². The van der Waals surface area contributed by atoms with E-state index in [0.717, 1.165) is 74.7 Å². The first-order chi connectivity index (χ1) is 52.0. The molecule has 8 aliphatic carbocycles. The van der Waals surface area contributed by atoms with Crippen molar-refractivity contribution in [1.29, 1.82) is 0 Å². The molecule has 10 aromatic rings. The van der Waals surface area contributed by atoms with Gasteiger partial charge in [-0.15, -0.1) is 0 Å². The van der Waals surface area contributed by atoms with Gasteiger partial charge in [0.25, 0.3) is 6.71 Å². The smallest absolute Gasteiger partial charge is 0.252 e. The van der Waals surface area contributed by atoms with Gasteiger partial charge in [-0.05, 0) is 398 Å². The van der Waals surface area contributed by atoms with Crippen molar-refractivity contribution in [3.05, 3.63) is 265 Å². The normalized spacial score (nSPS) is 22.5. The van der Waals surface area contributed by atoms with Gasteiger partial charge in [-0.2, -0.15) is 0 Å². The van der Waals surface area contributed by atoms with E-state index in [-0.39, 0.29) is 46.6 Å². The maximum absolute atomic E-state index is 8.06. The van der Waals surface area contributed by atoms with Crippen LogP contribution in [0.15, 0.2) is 182 Å². The molecule has 0 N–H and O–H groups in total. The van der Waals surface area contributed by atoms with E-state index in [9.17, 15) is 0 Å². The van der Waals surface area contributed by atoms with Crippen LogP contribution in [-0.2, 0) is 32.5 Å². The Morgan fingerprint density at radius 1 is 0.324 bits per heavy atom. The number of hydrogen-bond acceptors (Lipinski definition) is 4. The molecule has 0 spiro atoms. The van der Waals surface area contributed by atoms with E-state index in [2.05, 4.69) is 340 Å². The molecule has 0 atom stereocenters. The number of hydrogen-bond donors (Lipinski definition) is 0. The second-order valence-electron chi connectivity index (χ2n) is 40.9. The Bertz CT molecular complexity index is 4950. The molecule has 0 radical (unpaired) electrons. The minimum Gasteiger partial charge on any atom is -0.311 e. The van der Waals surface area contributed by atoms with Gasteiger partial charge in [0, 0.05) is 56.9 Å². The Kier molecular flexibility index (Phi) is 19.2. The molecule has 0 unspecified atom stereocenters. The maximum Gasteiger partial charge on any atom is 0.252 e. The van der Waals surface area contributed by atoms with Crippen molar-refractivity contribution in [3.63, 3.8) is 0 Å². The maximum atomic E-state index is 8.06. The lowest BCUT2D eigenvalue weighted by Crippen LogP contribution is -2.62. The molecule has 111 heavy (non-hydrogen) atoms. The van der Waals surface area contributed by atoms with E-state index in [0.29, 0.717) is 0 Å². The van der Waals surface area contributed by atoms with Gasteiger partial charge in [0.1, 0.15) is 0 Å². The predicted molar refractivity (Wildman–Crippen MR) is 480 cm³/mol. The molecular weight excluding hydrogens is 1360 g/mol. The van der Waals surface area contributed by atoms with Crippen LogP contribution in [0.4, 0.5) is 68.2 Å².